The number of nitriles is 1. The molecule has 13 nitrogen and oxygen atoms in total. The number of hydrogen-bond acceptors (Lipinski definition) is 12. The van der Waals surface area contributed by atoms with Crippen molar-refractivity contribution in [1.82, 2.24) is 9.55 Å². The van der Waals surface area contributed by atoms with Crippen LogP contribution in [0.1, 0.15) is 18.2 Å². The van der Waals surface area contributed by atoms with Crippen LogP contribution in [-0.4, -0.2) is 78.8 Å². The number of methoxy groups -OCH3 is 1. The van der Waals surface area contributed by atoms with E-state index in [1.807, 2.05) is 6.07 Å². The van der Waals surface area contributed by atoms with E-state index < -0.39 is 42.6 Å². The average molecular weight is 508 g/mol. The first-order valence-corrected chi connectivity index (χ1v) is 13.3. The van der Waals surface area contributed by atoms with E-state index in [2.05, 4.69) is 4.98 Å². The fourth-order valence-corrected chi connectivity index (χ4v) is 6.30. The number of hydrogen-bond donors (Lipinski definition) is 3. The molecule has 1 saturated heterocycles. The number of aromatic amines is 1. The molecular formula is C18H29N4O9PS. The van der Waals surface area contributed by atoms with E-state index in [9.17, 15) is 19.3 Å². The molecule has 186 valence electrons. The molecular weight excluding hydrogens is 479 g/mol. The van der Waals surface area contributed by atoms with Crippen molar-refractivity contribution >= 4 is 18.2 Å². The number of nitrogens with zero attached hydrogens (tertiary/aromatic N) is 2. The zero-order valence-corrected chi connectivity index (χ0v) is 20.1. The van der Waals surface area contributed by atoms with Crippen molar-refractivity contribution < 1.29 is 32.9 Å². The number of nitrogens with two attached hydrogens (primary N) is 1. The second-order valence-electron chi connectivity index (χ2n) is 6.97. The summed E-state index contributed by atoms with van der Waals surface area (Å²) in [5, 5.41) is 19.5. The van der Waals surface area contributed by atoms with Crippen molar-refractivity contribution in [2.75, 3.05) is 45.8 Å². The highest BCUT2D eigenvalue weighted by molar-refractivity contribution is 8.55. The van der Waals surface area contributed by atoms with Crippen molar-refractivity contribution in [1.29, 1.82) is 5.26 Å². The van der Waals surface area contributed by atoms with Crippen molar-refractivity contribution in [3.05, 3.63) is 32.6 Å². The van der Waals surface area contributed by atoms with Crippen LogP contribution >= 0.6 is 18.2 Å². The molecule has 0 bridgehead atoms. The molecule has 1 aliphatic rings. The summed E-state index contributed by atoms with van der Waals surface area (Å²) < 4.78 is 41.2. The maximum atomic E-state index is 13.0. The van der Waals surface area contributed by atoms with Crippen LogP contribution in [0.5, 0.6) is 0 Å². The number of aromatic nitrogens is 2. The summed E-state index contributed by atoms with van der Waals surface area (Å²) in [5.41, 5.74) is 4.42. The first kappa shape index (κ1) is 27.7. The number of aliphatic hydroxyl groups is 1. The average Bonchev–Trinajstić information content (AvgIpc) is 3.09. The molecule has 1 aromatic rings. The summed E-state index contributed by atoms with van der Waals surface area (Å²) >= 11 is 0.788. The van der Waals surface area contributed by atoms with Crippen LogP contribution in [-0.2, 0) is 27.8 Å². The summed E-state index contributed by atoms with van der Waals surface area (Å²) in [5.74, 6) is -0.0344. The normalized spacial score (nSPS) is 24.5. The van der Waals surface area contributed by atoms with E-state index in [1.54, 1.807) is 0 Å². The molecule has 0 spiro atoms. The highest BCUT2D eigenvalue weighted by Crippen LogP contribution is 2.61. The summed E-state index contributed by atoms with van der Waals surface area (Å²) in [6.45, 7) is -1.82. The van der Waals surface area contributed by atoms with Gasteiger partial charge in [0.05, 0.1) is 45.0 Å². The van der Waals surface area contributed by atoms with Gasteiger partial charge >= 0.3 is 12.5 Å². The van der Waals surface area contributed by atoms with Crippen LogP contribution in [0.4, 0.5) is 0 Å². The molecule has 4 N–H and O–H groups in total. The fraction of sp³-hybridized carbons (Fsp3) is 0.722. The minimum absolute atomic E-state index is 0.0189. The molecule has 0 amide bonds. The number of ether oxygens (including phenoxy) is 3. The van der Waals surface area contributed by atoms with Gasteiger partial charge in [0.25, 0.3) is 5.56 Å². The third-order valence-electron chi connectivity index (χ3n) is 4.56. The number of rotatable bonds is 14. The molecule has 0 saturated carbocycles. The lowest BCUT2D eigenvalue weighted by molar-refractivity contribution is -0.0789. The summed E-state index contributed by atoms with van der Waals surface area (Å²) in [4.78, 5) is 26.3. The van der Waals surface area contributed by atoms with Crippen molar-refractivity contribution in [2.24, 2.45) is 5.73 Å². The van der Waals surface area contributed by atoms with Gasteiger partial charge in [-0.3, -0.25) is 23.4 Å². The Morgan fingerprint density at radius 2 is 2.06 bits per heavy atom. The lowest BCUT2D eigenvalue weighted by Gasteiger charge is -2.22. The van der Waals surface area contributed by atoms with Crippen LogP contribution in [0.25, 0.3) is 0 Å². The van der Waals surface area contributed by atoms with E-state index in [4.69, 9.17) is 34.3 Å². The topological polar surface area (TPSA) is 188 Å². The second kappa shape index (κ2) is 13.4. The van der Waals surface area contributed by atoms with Gasteiger partial charge in [-0.05, 0) is 18.3 Å². The Kier molecular flexibility index (Phi) is 11.2. The quantitative estimate of drug-likeness (QED) is 0.224. The zero-order valence-electron chi connectivity index (χ0n) is 18.4. The van der Waals surface area contributed by atoms with Crippen LogP contribution in [0.3, 0.4) is 0 Å². The smallest absolute Gasteiger partial charge is 0.387 e. The van der Waals surface area contributed by atoms with E-state index in [0.717, 1.165) is 15.9 Å². The molecule has 1 aromatic heterocycles. The third kappa shape index (κ3) is 7.74. The Morgan fingerprint density at radius 1 is 1.33 bits per heavy atom. The van der Waals surface area contributed by atoms with Gasteiger partial charge in [0.2, 0.25) is 0 Å². The lowest BCUT2D eigenvalue weighted by atomic mass is 10.1. The summed E-state index contributed by atoms with van der Waals surface area (Å²) in [6, 6.07) is 1.88. The summed E-state index contributed by atoms with van der Waals surface area (Å²) in [6.07, 6.45) is -2.82. The zero-order chi connectivity index (χ0) is 24.4. The lowest BCUT2D eigenvalue weighted by Crippen LogP contribution is -2.40. The van der Waals surface area contributed by atoms with Gasteiger partial charge in [-0.25, -0.2) is 9.36 Å². The van der Waals surface area contributed by atoms with Gasteiger partial charge in [0, 0.05) is 31.2 Å². The molecule has 1 aliphatic heterocycles. The van der Waals surface area contributed by atoms with Gasteiger partial charge in [-0.2, -0.15) is 5.26 Å². The van der Waals surface area contributed by atoms with Gasteiger partial charge < -0.3 is 25.1 Å². The van der Waals surface area contributed by atoms with Crippen molar-refractivity contribution in [3.8, 4) is 6.07 Å². The van der Waals surface area contributed by atoms with E-state index in [0.29, 0.717) is 0 Å². The van der Waals surface area contributed by atoms with Crippen LogP contribution in [0, 0.1) is 18.3 Å². The standard InChI is InChI=1S/C18H29N4O9PS/c1-12-10-22(18(25)21-16(12)24)17-15(28-9-8-27-2)14(23)13(31-17)11-33-32(26,30-7-5-20)29-6-3-4-19/h10,13-15,17,23H,3,5-9,11,20H2,1-2H3,(H,21,24,25)/t13-,14-,15-,17-,32?/m1/s1. The second-order valence-corrected chi connectivity index (χ2v) is 11.1. The van der Waals surface area contributed by atoms with Crippen LogP contribution < -0.4 is 17.0 Å². The van der Waals surface area contributed by atoms with Crippen LogP contribution in [0.15, 0.2) is 15.8 Å². The Bertz CT molecular complexity index is 965. The highest BCUT2D eigenvalue weighted by Gasteiger charge is 2.47. The molecule has 1 unspecified atom stereocenters. The molecule has 0 aliphatic carbocycles. The monoisotopic (exact) mass is 508 g/mol. The first-order valence-electron chi connectivity index (χ1n) is 10.1. The molecule has 2 heterocycles. The van der Waals surface area contributed by atoms with Gasteiger partial charge in [-0.15, -0.1) is 0 Å². The number of H-pyrrole nitrogens is 1. The Labute approximate surface area is 194 Å². The first-order chi connectivity index (χ1) is 15.8. The third-order valence-corrected chi connectivity index (χ3v) is 8.38. The van der Waals surface area contributed by atoms with Gasteiger partial charge in [0.15, 0.2) is 6.23 Å². The Balaban J connectivity index is 2.21. The largest absolute Gasteiger partial charge is 0.389 e. The van der Waals surface area contributed by atoms with Gasteiger partial charge in [-0.1, -0.05) is 0 Å². The highest BCUT2D eigenvalue weighted by atomic mass is 32.7. The molecule has 15 heteroatoms. The van der Waals surface area contributed by atoms with E-state index in [1.165, 1.54) is 20.2 Å². The van der Waals surface area contributed by atoms with E-state index >= 15 is 0 Å². The molecule has 5 atom stereocenters. The minimum atomic E-state index is -3.69. The Hall–Kier alpha value is -1.53. The van der Waals surface area contributed by atoms with E-state index in [-0.39, 0.29) is 50.7 Å². The predicted octanol–water partition coefficient (Wildman–Crippen LogP) is -0.118. The SMILES string of the molecule is COCCO[C@@H]1[C@H](O)[C@@H](CSP(=O)(OCCN)OCCC#N)O[C@H]1n1cc(C)c(=O)[nH]c1=O. The Morgan fingerprint density at radius 3 is 2.73 bits per heavy atom. The molecule has 2 rings (SSSR count). The number of nitrogens with one attached hydrogen (secondary N) is 1. The van der Waals surface area contributed by atoms with Crippen molar-refractivity contribution in [2.45, 2.75) is 37.9 Å². The molecule has 1 fully saturated rings. The summed E-state index contributed by atoms with van der Waals surface area (Å²) in [7, 11) is 1.49. The number of aryl methyl sites for hydroxylation is 1. The number of aliphatic hydroxyl groups excluding tert-OH is 1. The van der Waals surface area contributed by atoms with Gasteiger partial charge in [0.1, 0.15) is 12.2 Å². The maximum absolute atomic E-state index is 13.0. The molecule has 0 radical (unpaired) electrons. The molecule has 33 heavy (non-hydrogen) atoms. The minimum Gasteiger partial charge on any atom is -0.387 e. The van der Waals surface area contributed by atoms with Crippen LogP contribution in [0.2, 0.25) is 0 Å². The molecule has 0 aromatic carbocycles. The van der Waals surface area contributed by atoms with Crippen molar-refractivity contribution in [3.63, 3.8) is 0 Å². The fourth-order valence-electron chi connectivity index (χ4n) is 2.95. The predicted molar refractivity (Wildman–Crippen MR) is 119 cm³/mol. The maximum Gasteiger partial charge on any atom is 0.389 e.